The number of fused-ring (bicyclic) bond motifs is 4. The number of anilines is 2. The zero-order chi connectivity index (χ0) is 18.8. The Kier molecular flexibility index (Phi) is 3.24. The number of nitrogens with one attached hydrogen (secondary N) is 2. The van der Waals surface area contributed by atoms with Crippen LogP contribution in [0, 0.1) is 6.92 Å². The highest BCUT2D eigenvalue weighted by molar-refractivity contribution is 6.32. The average molecular weight is 379 g/mol. The van der Waals surface area contributed by atoms with Crippen molar-refractivity contribution in [3.8, 4) is 5.69 Å². The van der Waals surface area contributed by atoms with Gasteiger partial charge < -0.3 is 10.6 Å². The maximum Gasteiger partial charge on any atom is 0.240 e. The summed E-state index contributed by atoms with van der Waals surface area (Å²) in [6.07, 6.45) is 1.69. The number of rotatable bonds is 1. The van der Waals surface area contributed by atoms with Crippen LogP contribution in [0.3, 0.4) is 0 Å². The molecule has 0 fully saturated rings. The molecule has 1 aromatic heterocycles. The molecule has 0 bridgehead atoms. The van der Waals surface area contributed by atoms with E-state index in [2.05, 4.69) is 15.7 Å². The van der Waals surface area contributed by atoms with Crippen LogP contribution in [0.1, 0.15) is 23.1 Å². The summed E-state index contributed by atoms with van der Waals surface area (Å²) in [6.45, 7) is 1.94. The molecule has 2 amide bonds. The number of benzene rings is 2. The highest BCUT2D eigenvalue weighted by Gasteiger charge is 2.54. The Morgan fingerprint density at radius 3 is 2.70 bits per heavy atom. The smallest absolute Gasteiger partial charge is 0.240 e. The van der Waals surface area contributed by atoms with Crippen LogP contribution in [-0.4, -0.2) is 21.6 Å². The third kappa shape index (κ3) is 2.04. The molecule has 1 atom stereocenters. The number of para-hydroxylation sites is 2. The average Bonchev–Trinajstić information content (AvgIpc) is 3.17. The Labute approximate surface area is 160 Å². The molecule has 0 saturated carbocycles. The maximum atomic E-state index is 13.1. The first-order valence-electron chi connectivity index (χ1n) is 8.57. The summed E-state index contributed by atoms with van der Waals surface area (Å²) in [5.41, 5.74) is 2.77. The molecule has 2 aromatic carbocycles. The zero-order valence-electron chi connectivity index (χ0n) is 14.4. The Balaban J connectivity index is 1.79. The molecule has 2 aliphatic rings. The molecule has 0 saturated heterocycles. The third-order valence-electron chi connectivity index (χ3n) is 5.35. The minimum Gasteiger partial charge on any atom is -0.324 e. The van der Waals surface area contributed by atoms with E-state index in [9.17, 15) is 9.59 Å². The first-order chi connectivity index (χ1) is 13.0. The molecule has 134 valence electrons. The van der Waals surface area contributed by atoms with Gasteiger partial charge in [-0.15, -0.1) is 0 Å². The van der Waals surface area contributed by atoms with Crippen LogP contribution in [0.25, 0.3) is 5.69 Å². The van der Waals surface area contributed by atoms with Crippen molar-refractivity contribution in [2.75, 3.05) is 10.6 Å². The monoisotopic (exact) mass is 378 g/mol. The SMILES string of the molecule is Cc1cccc2c1NC(=O)C21CC(=O)Nc2c1cnn2-c1ccccc1Cl. The summed E-state index contributed by atoms with van der Waals surface area (Å²) >= 11 is 6.32. The lowest BCUT2D eigenvalue weighted by Crippen LogP contribution is -2.43. The van der Waals surface area contributed by atoms with Gasteiger partial charge in [-0.2, -0.15) is 5.10 Å². The van der Waals surface area contributed by atoms with E-state index < -0.39 is 5.41 Å². The molecule has 2 N–H and O–H groups in total. The van der Waals surface area contributed by atoms with Gasteiger partial charge in [-0.1, -0.05) is 41.9 Å². The van der Waals surface area contributed by atoms with E-state index in [1.165, 1.54) is 0 Å². The molecule has 27 heavy (non-hydrogen) atoms. The molecule has 0 radical (unpaired) electrons. The van der Waals surface area contributed by atoms with Crippen LogP contribution in [0.4, 0.5) is 11.5 Å². The number of halogens is 1. The van der Waals surface area contributed by atoms with E-state index in [0.717, 1.165) is 16.8 Å². The Bertz CT molecular complexity index is 1140. The second-order valence-electron chi connectivity index (χ2n) is 6.85. The van der Waals surface area contributed by atoms with Crippen LogP contribution in [0.5, 0.6) is 0 Å². The summed E-state index contributed by atoms with van der Waals surface area (Å²) in [5.74, 6) is 0.0336. The fourth-order valence-corrected chi connectivity index (χ4v) is 4.29. The number of nitrogens with zero attached hydrogens (tertiary/aromatic N) is 2. The number of carbonyl (C=O) groups excluding carboxylic acids is 2. The van der Waals surface area contributed by atoms with Crippen LogP contribution in [-0.2, 0) is 15.0 Å². The van der Waals surface area contributed by atoms with Crippen molar-refractivity contribution in [2.45, 2.75) is 18.8 Å². The van der Waals surface area contributed by atoms with Gasteiger partial charge in [0.2, 0.25) is 11.8 Å². The normalized spacial score (nSPS) is 20.2. The maximum absolute atomic E-state index is 13.1. The highest BCUT2D eigenvalue weighted by atomic mass is 35.5. The van der Waals surface area contributed by atoms with Crippen molar-refractivity contribution in [2.24, 2.45) is 0 Å². The van der Waals surface area contributed by atoms with Gasteiger partial charge >= 0.3 is 0 Å². The summed E-state index contributed by atoms with van der Waals surface area (Å²) in [4.78, 5) is 25.8. The largest absolute Gasteiger partial charge is 0.324 e. The third-order valence-corrected chi connectivity index (χ3v) is 5.67. The van der Waals surface area contributed by atoms with Gasteiger partial charge in [0.25, 0.3) is 0 Å². The predicted molar refractivity (Wildman–Crippen MR) is 102 cm³/mol. The van der Waals surface area contributed by atoms with Gasteiger partial charge in [0.05, 0.1) is 16.9 Å². The Morgan fingerprint density at radius 1 is 1.07 bits per heavy atom. The molecule has 1 unspecified atom stereocenters. The molecule has 5 rings (SSSR count). The number of amides is 2. The molecule has 3 aromatic rings. The number of hydrogen-bond acceptors (Lipinski definition) is 3. The van der Waals surface area contributed by atoms with E-state index >= 15 is 0 Å². The number of hydrogen-bond donors (Lipinski definition) is 2. The first kappa shape index (κ1) is 16.1. The standard InChI is InChI=1S/C20H15ClN4O2/c1-11-5-4-6-12-17(11)24-19(27)20(12)9-16(26)23-18-13(20)10-22-25(18)15-8-3-2-7-14(15)21/h2-8,10H,9H2,1H3,(H,23,26)(H,24,27). The zero-order valence-corrected chi connectivity index (χ0v) is 15.2. The summed E-state index contributed by atoms with van der Waals surface area (Å²) in [6, 6.07) is 13.0. The molecule has 3 heterocycles. The van der Waals surface area contributed by atoms with Gasteiger partial charge in [-0.25, -0.2) is 4.68 Å². The number of carbonyl (C=O) groups is 2. The first-order valence-corrected chi connectivity index (χ1v) is 8.95. The van der Waals surface area contributed by atoms with Crippen molar-refractivity contribution in [3.05, 3.63) is 70.4 Å². The lowest BCUT2D eigenvalue weighted by atomic mass is 9.71. The molecule has 2 aliphatic heterocycles. The van der Waals surface area contributed by atoms with E-state index in [1.807, 2.05) is 43.3 Å². The van der Waals surface area contributed by atoms with Crippen molar-refractivity contribution in [1.29, 1.82) is 0 Å². The van der Waals surface area contributed by atoms with Gasteiger partial charge in [0.1, 0.15) is 11.2 Å². The summed E-state index contributed by atoms with van der Waals surface area (Å²) < 4.78 is 1.58. The van der Waals surface area contributed by atoms with E-state index in [-0.39, 0.29) is 18.2 Å². The molecule has 6 nitrogen and oxygen atoms in total. The van der Waals surface area contributed by atoms with E-state index in [0.29, 0.717) is 22.1 Å². The fraction of sp³-hybridized carbons (Fsp3) is 0.150. The number of aryl methyl sites for hydroxylation is 1. The van der Waals surface area contributed by atoms with Crippen LogP contribution < -0.4 is 10.6 Å². The van der Waals surface area contributed by atoms with Crippen LogP contribution >= 0.6 is 11.6 Å². The van der Waals surface area contributed by atoms with Crippen molar-refractivity contribution in [1.82, 2.24) is 9.78 Å². The van der Waals surface area contributed by atoms with Crippen molar-refractivity contribution < 1.29 is 9.59 Å². The second kappa shape index (κ2) is 5.44. The molecule has 7 heteroatoms. The summed E-state index contributed by atoms with van der Waals surface area (Å²) in [7, 11) is 0. The minimum absolute atomic E-state index is 0.0382. The summed E-state index contributed by atoms with van der Waals surface area (Å²) in [5, 5.41) is 10.8. The quantitative estimate of drug-likeness (QED) is 0.681. The van der Waals surface area contributed by atoms with E-state index in [1.54, 1.807) is 16.9 Å². The van der Waals surface area contributed by atoms with E-state index in [4.69, 9.17) is 11.6 Å². The fourth-order valence-electron chi connectivity index (χ4n) is 4.07. The lowest BCUT2D eigenvalue weighted by Gasteiger charge is -2.31. The highest BCUT2D eigenvalue weighted by Crippen LogP contribution is 2.51. The van der Waals surface area contributed by atoms with Gasteiger partial charge in [-0.05, 0) is 30.2 Å². The Morgan fingerprint density at radius 2 is 1.89 bits per heavy atom. The molecule has 0 aliphatic carbocycles. The minimum atomic E-state index is -1.08. The van der Waals surface area contributed by atoms with Gasteiger partial charge in [0.15, 0.2) is 0 Å². The molecule has 1 spiro atoms. The van der Waals surface area contributed by atoms with Crippen LogP contribution in [0.15, 0.2) is 48.7 Å². The number of aromatic nitrogens is 2. The lowest BCUT2D eigenvalue weighted by molar-refractivity contribution is -0.125. The Hall–Kier alpha value is -3.12. The van der Waals surface area contributed by atoms with Gasteiger partial charge in [0, 0.05) is 17.7 Å². The van der Waals surface area contributed by atoms with Gasteiger partial charge in [-0.3, -0.25) is 9.59 Å². The van der Waals surface area contributed by atoms with Crippen molar-refractivity contribution >= 4 is 34.9 Å². The van der Waals surface area contributed by atoms with Crippen molar-refractivity contribution in [3.63, 3.8) is 0 Å². The molecular weight excluding hydrogens is 364 g/mol. The topological polar surface area (TPSA) is 76.0 Å². The molecular formula is C20H15ClN4O2. The van der Waals surface area contributed by atoms with Crippen LogP contribution in [0.2, 0.25) is 5.02 Å². The predicted octanol–water partition coefficient (Wildman–Crippen LogP) is 3.41. The second-order valence-corrected chi connectivity index (χ2v) is 7.26.